The van der Waals surface area contributed by atoms with E-state index in [1.165, 1.54) is 12.8 Å². The zero-order chi connectivity index (χ0) is 8.82. The molecule has 2 bridgehead atoms. The molecule has 0 radical (unpaired) electrons. The minimum absolute atomic E-state index is 0.203. The summed E-state index contributed by atoms with van der Waals surface area (Å²) < 4.78 is 0. The van der Waals surface area contributed by atoms with Crippen LogP contribution in [-0.4, -0.2) is 16.1 Å². The lowest BCUT2D eigenvalue weighted by Crippen LogP contribution is -2.47. The summed E-state index contributed by atoms with van der Waals surface area (Å²) in [7, 11) is 0. The SMILES string of the molecule is CC12CCCC(O)(CC(Cl)C1)C2. The predicted molar refractivity (Wildman–Crippen MR) is 50.4 cm³/mol. The van der Waals surface area contributed by atoms with Crippen LogP contribution in [0.5, 0.6) is 0 Å². The highest BCUT2D eigenvalue weighted by molar-refractivity contribution is 6.20. The average molecular weight is 189 g/mol. The summed E-state index contributed by atoms with van der Waals surface area (Å²) in [6.45, 7) is 2.27. The summed E-state index contributed by atoms with van der Waals surface area (Å²) >= 11 is 6.14. The highest BCUT2D eigenvalue weighted by Crippen LogP contribution is 2.51. The molecule has 3 unspecified atom stereocenters. The second-order valence-corrected chi connectivity index (χ2v) is 5.69. The Balaban J connectivity index is 2.19. The summed E-state index contributed by atoms with van der Waals surface area (Å²) in [4.78, 5) is 0. The van der Waals surface area contributed by atoms with E-state index in [9.17, 15) is 5.11 Å². The molecular weight excluding hydrogens is 172 g/mol. The van der Waals surface area contributed by atoms with Crippen LogP contribution < -0.4 is 0 Å². The van der Waals surface area contributed by atoms with Crippen LogP contribution in [0.25, 0.3) is 0 Å². The van der Waals surface area contributed by atoms with E-state index in [1.807, 2.05) is 0 Å². The van der Waals surface area contributed by atoms with Gasteiger partial charge in [-0.1, -0.05) is 13.3 Å². The molecule has 12 heavy (non-hydrogen) atoms. The van der Waals surface area contributed by atoms with Crippen molar-refractivity contribution in [2.75, 3.05) is 0 Å². The van der Waals surface area contributed by atoms with Crippen LogP contribution in [0.2, 0.25) is 0 Å². The van der Waals surface area contributed by atoms with Gasteiger partial charge in [-0.3, -0.25) is 0 Å². The van der Waals surface area contributed by atoms with Crippen molar-refractivity contribution in [2.24, 2.45) is 5.41 Å². The Bertz CT molecular complexity index is 176. The van der Waals surface area contributed by atoms with Gasteiger partial charge < -0.3 is 5.11 Å². The Morgan fingerprint density at radius 1 is 1.33 bits per heavy atom. The third kappa shape index (κ3) is 1.49. The van der Waals surface area contributed by atoms with Gasteiger partial charge in [0.2, 0.25) is 0 Å². The molecule has 2 saturated carbocycles. The van der Waals surface area contributed by atoms with Crippen molar-refractivity contribution in [1.82, 2.24) is 0 Å². The van der Waals surface area contributed by atoms with Crippen molar-refractivity contribution in [3.05, 3.63) is 0 Å². The molecule has 0 aliphatic heterocycles. The van der Waals surface area contributed by atoms with Crippen molar-refractivity contribution in [3.63, 3.8) is 0 Å². The smallest absolute Gasteiger partial charge is 0.0667 e. The number of hydrogen-bond donors (Lipinski definition) is 1. The first kappa shape index (κ1) is 8.83. The first-order chi connectivity index (χ1) is 5.52. The van der Waals surface area contributed by atoms with Crippen molar-refractivity contribution in [1.29, 1.82) is 0 Å². The van der Waals surface area contributed by atoms with Gasteiger partial charge in [0.05, 0.1) is 5.60 Å². The molecule has 0 aromatic heterocycles. The van der Waals surface area contributed by atoms with E-state index < -0.39 is 5.60 Å². The molecule has 0 aromatic rings. The van der Waals surface area contributed by atoms with Crippen LogP contribution >= 0.6 is 11.6 Å². The molecule has 1 N–H and O–H groups in total. The lowest BCUT2D eigenvalue weighted by atomic mass is 9.61. The highest BCUT2D eigenvalue weighted by atomic mass is 35.5. The third-order valence-electron chi connectivity index (χ3n) is 3.49. The Morgan fingerprint density at radius 2 is 2.08 bits per heavy atom. The van der Waals surface area contributed by atoms with Gasteiger partial charge >= 0.3 is 0 Å². The lowest BCUT2D eigenvalue weighted by molar-refractivity contribution is -0.0778. The predicted octanol–water partition coefficient (Wildman–Crippen LogP) is 2.70. The molecule has 0 aromatic carbocycles. The lowest BCUT2D eigenvalue weighted by Gasteiger charge is -2.49. The number of fused-ring (bicyclic) bond motifs is 2. The average Bonchev–Trinajstić information content (AvgIpc) is 1.79. The van der Waals surface area contributed by atoms with Gasteiger partial charge in [-0.2, -0.15) is 0 Å². The Kier molecular flexibility index (Phi) is 1.93. The molecule has 2 aliphatic rings. The normalized spacial score (nSPS) is 53.8. The molecule has 0 heterocycles. The number of rotatable bonds is 0. The topological polar surface area (TPSA) is 20.2 Å². The van der Waals surface area contributed by atoms with Crippen LogP contribution in [-0.2, 0) is 0 Å². The van der Waals surface area contributed by atoms with Crippen molar-refractivity contribution in [2.45, 2.75) is 56.4 Å². The summed E-state index contributed by atoms with van der Waals surface area (Å²) in [5.74, 6) is 0. The maximum absolute atomic E-state index is 10.2. The molecule has 70 valence electrons. The summed E-state index contributed by atoms with van der Waals surface area (Å²) in [6, 6.07) is 0. The summed E-state index contributed by atoms with van der Waals surface area (Å²) in [5, 5.41) is 10.4. The summed E-state index contributed by atoms with van der Waals surface area (Å²) in [5.41, 5.74) is -0.0880. The molecule has 2 heteroatoms. The van der Waals surface area contributed by atoms with Crippen molar-refractivity contribution < 1.29 is 5.11 Å². The zero-order valence-corrected chi connectivity index (χ0v) is 8.40. The Morgan fingerprint density at radius 3 is 2.75 bits per heavy atom. The van der Waals surface area contributed by atoms with Gasteiger partial charge in [0, 0.05) is 5.38 Å². The quantitative estimate of drug-likeness (QED) is 0.580. The van der Waals surface area contributed by atoms with Crippen LogP contribution in [0, 0.1) is 5.41 Å². The molecular formula is C10H17ClO. The molecule has 0 saturated heterocycles. The van der Waals surface area contributed by atoms with E-state index in [1.54, 1.807) is 0 Å². The largest absolute Gasteiger partial charge is 0.390 e. The first-order valence-corrected chi connectivity index (χ1v) is 5.32. The Hall–Kier alpha value is 0.250. The second kappa shape index (κ2) is 2.62. The zero-order valence-electron chi connectivity index (χ0n) is 7.65. The minimum atomic E-state index is -0.419. The molecule has 3 atom stereocenters. The fraction of sp³-hybridized carbons (Fsp3) is 1.00. The fourth-order valence-corrected chi connectivity index (χ4v) is 3.84. The Labute approximate surface area is 79.1 Å². The van der Waals surface area contributed by atoms with Crippen molar-refractivity contribution >= 4 is 11.6 Å². The number of alkyl halides is 1. The molecule has 2 aliphatic carbocycles. The van der Waals surface area contributed by atoms with Crippen LogP contribution in [0.15, 0.2) is 0 Å². The van der Waals surface area contributed by atoms with E-state index >= 15 is 0 Å². The standard InChI is InChI=1S/C10H17ClO/c1-9-3-2-4-10(12,7-9)6-8(11)5-9/h8,12H,2-7H2,1H3. The highest BCUT2D eigenvalue weighted by Gasteiger charge is 2.47. The van der Waals surface area contributed by atoms with Crippen molar-refractivity contribution in [3.8, 4) is 0 Å². The summed E-state index contributed by atoms with van der Waals surface area (Å²) in [6.07, 6.45) is 6.27. The second-order valence-electron chi connectivity index (χ2n) is 5.07. The van der Waals surface area contributed by atoms with Gasteiger partial charge in [-0.25, -0.2) is 0 Å². The maximum atomic E-state index is 10.2. The minimum Gasteiger partial charge on any atom is -0.390 e. The molecule has 1 nitrogen and oxygen atoms in total. The van der Waals surface area contributed by atoms with E-state index in [-0.39, 0.29) is 5.38 Å². The maximum Gasteiger partial charge on any atom is 0.0667 e. The van der Waals surface area contributed by atoms with E-state index in [2.05, 4.69) is 6.92 Å². The van der Waals surface area contributed by atoms with Gasteiger partial charge in [0.1, 0.15) is 0 Å². The molecule has 0 amide bonds. The van der Waals surface area contributed by atoms with Gasteiger partial charge in [-0.05, 0) is 37.5 Å². The molecule has 0 spiro atoms. The van der Waals surface area contributed by atoms with E-state index in [4.69, 9.17) is 11.6 Å². The molecule has 2 fully saturated rings. The number of halogens is 1. The fourth-order valence-electron chi connectivity index (χ4n) is 3.18. The molecule has 2 rings (SSSR count). The monoisotopic (exact) mass is 188 g/mol. The first-order valence-electron chi connectivity index (χ1n) is 4.88. The van der Waals surface area contributed by atoms with E-state index in [0.717, 1.165) is 25.7 Å². The van der Waals surface area contributed by atoms with Gasteiger partial charge in [0.15, 0.2) is 0 Å². The van der Waals surface area contributed by atoms with Crippen LogP contribution in [0.3, 0.4) is 0 Å². The van der Waals surface area contributed by atoms with E-state index in [0.29, 0.717) is 5.41 Å². The van der Waals surface area contributed by atoms with Gasteiger partial charge in [0.25, 0.3) is 0 Å². The van der Waals surface area contributed by atoms with Crippen LogP contribution in [0.4, 0.5) is 0 Å². The van der Waals surface area contributed by atoms with Gasteiger partial charge in [-0.15, -0.1) is 11.6 Å². The van der Waals surface area contributed by atoms with Crippen LogP contribution in [0.1, 0.15) is 45.4 Å². The number of aliphatic hydroxyl groups is 1. The number of hydrogen-bond acceptors (Lipinski definition) is 1. The third-order valence-corrected chi connectivity index (χ3v) is 3.80.